The van der Waals surface area contributed by atoms with E-state index in [1.54, 1.807) is 12.1 Å². The first-order valence-corrected chi connectivity index (χ1v) is 9.75. The van der Waals surface area contributed by atoms with Gasteiger partial charge < -0.3 is 19.9 Å². The van der Waals surface area contributed by atoms with Crippen molar-refractivity contribution in [1.29, 1.82) is 0 Å². The molecule has 1 aromatic carbocycles. The molecule has 2 atom stereocenters. The molecule has 0 spiro atoms. The van der Waals surface area contributed by atoms with Gasteiger partial charge in [0.05, 0.1) is 6.61 Å². The van der Waals surface area contributed by atoms with Crippen molar-refractivity contribution in [3.63, 3.8) is 0 Å². The lowest BCUT2D eigenvalue weighted by Gasteiger charge is -2.37. The summed E-state index contributed by atoms with van der Waals surface area (Å²) in [6.45, 7) is 12.3. The molecule has 2 fully saturated rings. The number of anilines is 1. The summed E-state index contributed by atoms with van der Waals surface area (Å²) in [5.74, 6) is 0.418. The van der Waals surface area contributed by atoms with Crippen LogP contribution < -0.4 is 10.2 Å². The van der Waals surface area contributed by atoms with Crippen molar-refractivity contribution < 1.29 is 9.13 Å². The summed E-state index contributed by atoms with van der Waals surface area (Å²) in [6.07, 6.45) is 2.36. The van der Waals surface area contributed by atoms with Gasteiger partial charge in [-0.2, -0.15) is 0 Å². The number of likely N-dealkylation sites (N-methyl/N-ethyl adjacent to an activating group) is 1. The Morgan fingerprint density at radius 3 is 2.76 bits per heavy atom. The lowest BCUT2D eigenvalue weighted by Crippen LogP contribution is -2.46. The molecule has 3 rings (SSSR count). The van der Waals surface area contributed by atoms with Crippen molar-refractivity contribution in [3.05, 3.63) is 29.6 Å². The predicted octanol–water partition coefficient (Wildman–Crippen LogP) is 3.04. The van der Waals surface area contributed by atoms with Gasteiger partial charge in [0.15, 0.2) is 0 Å². The third-order valence-electron chi connectivity index (χ3n) is 5.58. The lowest BCUT2D eigenvalue weighted by atomic mass is 10.00. The van der Waals surface area contributed by atoms with Crippen molar-refractivity contribution in [2.45, 2.75) is 32.7 Å². The molecule has 140 valence electrons. The Morgan fingerprint density at radius 2 is 2.08 bits per heavy atom. The second-order valence-corrected chi connectivity index (χ2v) is 7.34. The standard InChI is InChI=1S/C20H32FN3O/c1-3-23-8-10-24(11-9-23)20-7-6-18(21)13-19(20)16(2)22-14-17-5-4-12-25-15-17/h6-7,13,16-17,22H,3-5,8-12,14-15H2,1-2H3/t16-,17-/m0/s1. The van der Waals surface area contributed by atoms with Crippen LogP contribution in [0, 0.1) is 11.7 Å². The van der Waals surface area contributed by atoms with Gasteiger partial charge in [-0.05, 0) is 56.0 Å². The molecule has 0 amide bonds. The molecule has 25 heavy (non-hydrogen) atoms. The first-order chi connectivity index (χ1) is 12.2. The molecule has 1 aromatic rings. The van der Waals surface area contributed by atoms with Crippen molar-refractivity contribution in [2.24, 2.45) is 5.92 Å². The Balaban J connectivity index is 1.65. The van der Waals surface area contributed by atoms with Gasteiger partial charge in [0.1, 0.15) is 5.82 Å². The number of benzene rings is 1. The number of nitrogens with one attached hydrogen (secondary N) is 1. The topological polar surface area (TPSA) is 27.7 Å². The van der Waals surface area contributed by atoms with Crippen molar-refractivity contribution in [1.82, 2.24) is 10.2 Å². The second-order valence-electron chi connectivity index (χ2n) is 7.34. The molecule has 0 aromatic heterocycles. The van der Waals surface area contributed by atoms with Crippen molar-refractivity contribution >= 4 is 5.69 Å². The van der Waals surface area contributed by atoms with Gasteiger partial charge in [-0.3, -0.25) is 0 Å². The smallest absolute Gasteiger partial charge is 0.123 e. The van der Waals surface area contributed by atoms with E-state index < -0.39 is 0 Å². The zero-order chi connectivity index (χ0) is 17.6. The molecule has 0 saturated carbocycles. The maximum Gasteiger partial charge on any atom is 0.123 e. The summed E-state index contributed by atoms with van der Waals surface area (Å²) in [4.78, 5) is 4.87. The molecule has 0 radical (unpaired) electrons. The zero-order valence-electron chi connectivity index (χ0n) is 15.6. The van der Waals surface area contributed by atoms with E-state index in [-0.39, 0.29) is 11.9 Å². The van der Waals surface area contributed by atoms with E-state index in [0.29, 0.717) is 5.92 Å². The van der Waals surface area contributed by atoms with E-state index in [2.05, 4.69) is 29.0 Å². The molecular formula is C20H32FN3O. The average molecular weight is 349 g/mol. The van der Waals surface area contributed by atoms with Crippen LogP contribution in [-0.4, -0.2) is 57.4 Å². The van der Waals surface area contributed by atoms with Crippen LogP contribution in [0.2, 0.25) is 0 Å². The maximum absolute atomic E-state index is 13.9. The molecule has 5 heteroatoms. The highest BCUT2D eigenvalue weighted by atomic mass is 19.1. The van der Waals surface area contributed by atoms with E-state index in [9.17, 15) is 4.39 Å². The highest BCUT2D eigenvalue weighted by Gasteiger charge is 2.22. The zero-order valence-corrected chi connectivity index (χ0v) is 15.6. The van der Waals surface area contributed by atoms with E-state index in [4.69, 9.17) is 4.74 Å². The lowest BCUT2D eigenvalue weighted by molar-refractivity contribution is 0.0540. The summed E-state index contributed by atoms with van der Waals surface area (Å²) < 4.78 is 19.5. The summed E-state index contributed by atoms with van der Waals surface area (Å²) in [5.41, 5.74) is 2.25. The van der Waals surface area contributed by atoms with E-state index in [0.717, 1.165) is 64.5 Å². The molecule has 2 aliphatic rings. The first kappa shape index (κ1) is 18.6. The van der Waals surface area contributed by atoms with Crippen LogP contribution in [0.15, 0.2) is 18.2 Å². The van der Waals surface area contributed by atoms with E-state index in [1.165, 1.54) is 12.1 Å². The number of hydrogen-bond acceptors (Lipinski definition) is 4. The molecule has 0 bridgehead atoms. The fourth-order valence-corrected chi connectivity index (χ4v) is 3.89. The van der Waals surface area contributed by atoms with Crippen LogP contribution in [0.4, 0.5) is 10.1 Å². The van der Waals surface area contributed by atoms with Crippen LogP contribution in [0.1, 0.15) is 38.3 Å². The molecule has 4 nitrogen and oxygen atoms in total. The van der Waals surface area contributed by atoms with Crippen LogP contribution in [-0.2, 0) is 4.74 Å². The second kappa shape index (κ2) is 8.97. The average Bonchev–Trinajstić information content (AvgIpc) is 2.67. The molecule has 2 aliphatic heterocycles. The molecule has 2 heterocycles. The third kappa shape index (κ3) is 4.93. The fraction of sp³-hybridized carbons (Fsp3) is 0.700. The van der Waals surface area contributed by atoms with Crippen molar-refractivity contribution in [2.75, 3.05) is 57.4 Å². The number of nitrogens with zero attached hydrogens (tertiary/aromatic N) is 2. The first-order valence-electron chi connectivity index (χ1n) is 9.75. The predicted molar refractivity (Wildman–Crippen MR) is 101 cm³/mol. The van der Waals surface area contributed by atoms with Crippen LogP contribution >= 0.6 is 0 Å². The quantitative estimate of drug-likeness (QED) is 0.854. The van der Waals surface area contributed by atoms with Crippen molar-refractivity contribution in [3.8, 4) is 0 Å². The van der Waals surface area contributed by atoms with E-state index >= 15 is 0 Å². The third-order valence-corrected chi connectivity index (χ3v) is 5.58. The monoisotopic (exact) mass is 349 g/mol. The van der Waals surface area contributed by atoms with Gasteiger partial charge in [-0.15, -0.1) is 0 Å². The minimum absolute atomic E-state index is 0.136. The minimum Gasteiger partial charge on any atom is -0.381 e. The number of ether oxygens (including phenoxy) is 1. The summed E-state index contributed by atoms with van der Waals surface area (Å²) in [6, 6.07) is 5.38. The van der Waals surface area contributed by atoms with Gasteiger partial charge in [0.25, 0.3) is 0 Å². The summed E-state index contributed by atoms with van der Waals surface area (Å²) >= 11 is 0. The highest BCUT2D eigenvalue weighted by molar-refractivity contribution is 5.55. The normalized spacial score (nSPS) is 23.6. The van der Waals surface area contributed by atoms with E-state index in [1.807, 2.05) is 6.07 Å². The Bertz CT molecular complexity index is 540. The molecule has 0 aliphatic carbocycles. The van der Waals surface area contributed by atoms with Gasteiger partial charge >= 0.3 is 0 Å². The molecule has 2 saturated heterocycles. The molecular weight excluding hydrogens is 317 g/mol. The van der Waals surface area contributed by atoms with Gasteiger partial charge in [-0.1, -0.05) is 6.92 Å². The van der Waals surface area contributed by atoms with Crippen LogP contribution in [0.5, 0.6) is 0 Å². The number of piperazine rings is 1. The molecule has 0 unspecified atom stereocenters. The Labute approximate surface area is 151 Å². The SMILES string of the molecule is CCN1CCN(c2ccc(F)cc2[C@H](C)NC[C@@H]2CCCOC2)CC1. The fourth-order valence-electron chi connectivity index (χ4n) is 3.89. The maximum atomic E-state index is 13.9. The van der Waals surface area contributed by atoms with Crippen LogP contribution in [0.25, 0.3) is 0 Å². The van der Waals surface area contributed by atoms with Gasteiger partial charge in [0, 0.05) is 51.1 Å². The summed E-state index contributed by atoms with van der Waals surface area (Å²) in [5, 5.41) is 3.61. The number of rotatable bonds is 6. The van der Waals surface area contributed by atoms with Crippen LogP contribution in [0.3, 0.4) is 0 Å². The largest absolute Gasteiger partial charge is 0.381 e. The Kier molecular flexibility index (Phi) is 6.68. The minimum atomic E-state index is -0.152. The van der Waals surface area contributed by atoms with Gasteiger partial charge in [0.2, 0.25) is 0 Å². The highest BCUT2D eigenvalue weighted by Crippen LogP contribution is 2.28. The number of halogens is 1. The molecule has 1 N–H and O–H groups in total. The number of hydrogen-bond donors (Lipinski definition) is 1. The Hall–Kier alpha value is -1.17. The Morgan fingerprint density at radius 1 is 1.28 bits per heavy atom. The summed E-state index contributed by atoms with van der Waals surface area (Å²) in [7, 11) is 0. The van der Waals surface area contributed by atoms with Gasteiger partial charge in [-0.25, -0.2) is 4.39 Å².